The fourth-order valence-electron chi connectivity index (χ4n) is 2.97. The van der Waals surface area contributed by atoms with Crippen molar-refractivity contribution in [2.24, 2.45) is 0 Å². The van der Waals surface area contributed by atoms with Gasteiger partial charge in [-0.05, 0) is 34.9 Å². The van der Waals surface area contributed by atoms with E-state index in [4.69, 9.17) is 10.00 Å². The minimum atomic E-state index is -0.379. The van der Waals surface area contributed by atoms with Crippen LogP contribution in [-0.2, 0) is 20.9 Å². The molecule has 1 atom stereocenters. The number of esters is 1. The van der Waals surface area contributed by atoms with Crippen molar-refractivity contribution in [2.75, 3.05) is 0 Å². The largest absolute Gasteiger partial charge is 0.461 e. The van der Waals surface area contributed by atoms with Gasteiger partial charge in [0.15, 0.2) is 0 Å². The summed E-state index contributed by atoms with van der Waals surface area (Å²) in [7, 11) is 0. The molecule has 0 N–H and O–H groups in total. The van der Waals surface area contributed by atoms with Crippen molar-refractivity contribution in [3.8, 4) is 6.07 Å². The molecule has 0 aliphatic carbocycles. The van der Waals surface area contributed by atoms with Crippen molar-refractivity contribution >= 4 is 18.0 Å². The van der Waals surface area contributed by atoms with E-state index in [9.17, 15) is 9.59 Å². The van der Waals surface area contributed by atoms with Gasteiger partial charge in [-0.2, -0.15) is 5.26 Å². The molecule has 2 aromatic carbocycles. The predicted molar refractivity (Wildman–Crippen MR) is 96.3 cm³/mol. The molecule has 1 heterocycles. The van der Waals surface area contributed by atoms with Crippen molar-refractivity contribution in [3.05, 3.63) is 77.0 Å². The normalized spacial score (nSPS) is 15.1. The molecular weight excluding hydrogens is 328 g/mol. The van der Waals surface area contributed by atoms with Crippen molar-refractivity contribution in [1.29, 1.82) is 5.26 Å². The number of hydrogen-bond donors (Lipinski definition) is 0. The molecule has 1 aliphatic rings. The van der Waals surface area contributed by atoms with E-state index in [0.29, 0.717) is 5.56 Å². The zero-order valence-electron chi connectivity index (χ0n) is 14.4. The summed E-state index contributed by atoms with van der Waals surface area (Å²) in [5, 5.41) is 8.81. The van der Waals surface area contributed by atoms with Crippen LogP contribution >= 0.6 is 0 Å². The van der Waals surface area contributed by atoms with Crippen LogP contribution in [0.15, 0.2) is 54.7 Å². The first-order valence-electron chi connectivity index (χ1n) is 8.29. The lowest BCUT2D eigenvalue weighted by molar-refractivity contribution is -0.146. The van der Waals surface area contributed by atoms with Gasteiger partial charge in [-0.25, -0.2) is 0 Å². The first-order valence-corrected chi connectivity index (χ1v) is 8.29. The molecule has 0 bridgehead atoms. The summed E-state index contributed by atoms with van der Waals surface area (Å²) in [6.45, 7) is 1.61. The van der Waals surface area contributed by atoms with Gasteiger partial charge >= 0.3 is 5.97 Å². The molecule has 5 nitrogen and oxygen atoms in total. The Morgan fingerprint density at radius 2 is 1.88 bits per heavy atom. The predicted octanol–water partition coefficient (Wildman–Crippen LogP) is 3.57. The molecular formula is C21H18N2O3. The molecule has 0 aromatic heterocycles. The number of nitrogens with zero attached hydrogens (tertiary/aromatic N) is 2. The molecule has 26 heavy (non-hydrogen) atoms. The molecule has 5 heteroatoms. The highest BCUT2D eigenvalue weighted by Crippen LogP contribution is 2.33. The van der Waals surface area contributed by atoms with E-state index in [-0.39, 0.29) is 30.9 Å². The second-order valence-electron chi connectivity index (χ2n) is 6.06. The third-order valence-electron chi connectivity index (χ3n) is 4.31. The van der Waals surface area contributed by atoms with Crippen molar-refractivity contribution in [2.45, 2.75) is 26.0 Å². The van der Waals surface area contributed by atoms with Gasteiger partial charge in [0.05, 0.1) is 24.1 Å². The molecule has 1 amide bonds. The second-order valence-corrected chi connectivity index (χ2v) is 6.06. The number of benzene rings is 2. The summed E-state index contributed by atoms with van der Waals surface area (Å²) < 4.78 is 5.36. The number of hydrogen-bond acceptors (Lipinski definition) is 4. The van der Waals surface area contributed by atoms with E-state index in [2.05, 4.69) is 0 Å². The van der Waals surface area contributed by atoms with E-state index in [1.165, 1.54) is 6.92 Å². The Morgan fingerprint density at radius 1 is 1.15 bits per heavy atom. The quantitative estimate of drug-likeness (QED) is 0.794. The van der Waals surface area contributed by atoms with Gasteiger partial charge < -0.3 is 9.64 Å². The van der Waals surface area contributed by atoms with Gasteiger partial charge in [-0.3, -0.25) is 9.59 Å². The standard InChI is InChI=1S/C21H18N2O3/c1-15(24)23-11-10-18-4-2-3-5-19(18)20(23)12-21(25)26-14-17-8-6-16(13-22)7-9-17/h2-11,20H,12,14H2,1H3. The zero-order valence-corrected chi connectivity index (χ0v) is 14.4. The monoisotopic (exact) mass is 346 g/mol. The summed E-state index contributed by atoms with van der Waals surface area (Å²) in [6, 6.07) is 16.3. The average molecular weight is 346 g/mol. The molecule has 2 aromatic rings. The van der Waals surface area contributed by atoms with Crippen LogP contribution in [-0.4, -0.2) is 16.8 Å². The number of fused-ring (bicyclic) bond motifs is 1. The molecule has 3 rings (SSSR count). The lowest BCUT2D eigenvalue weighted by atomic mass is 9.94. The van der Waals surface area contributed by atoms with Gasteiger partial charge in [0.2, 0.25) is 5.91 Å². The lowest BCUT2D eigenvalue weighted by Crippen LogP contribution is -2.32. The number of nitriles is 1. The Morgan fingerprint density at radius 3 is 2.58 bits per heavy atom. The summed E-state index contributed by atoms with van der Waals surface area (Å²) in [5.41, 5.74) is 3.29. The van der Waals surface area contributed by atoms with E-state index < -0.39 is 0 Å². The highest BCUT2D eigenvalue weighted by Gasteiger charge is 2.28. The molecule has 1 aliphatic heterocycles. The van der Waals surface area contributed by atoms with Crippen LogP contribution < -0.4 is 0 Å². The Hall–Kier alpha value is -3.39. The SMILES string of the molecule is CC(=O)N1C=Cc2ccccc2C1CC(=O)OCc1ccc(C#N)cc1. The maximum Gasteiger partial charge on any atom is 0.308 e. The molecule has 0 saturated heterocycles. The molecule has 1 unspecified atom stereocenters. The van der Waals surface area contributed by atoms with Crippen LogP contribution in [0.1, 0.15) is 41.6 Å². The summed E-state index contributed by atoms with van der Waals surface area (Å²) in [4.78, 5) is 25.8. The Bertz CT molecular complexity index is 894. The highest BCUT2D eigenvalue weighted by atomic mass is 16.5. The minimum absolute atomic E-state index is 0.0806. The van der Waals surface area contributed by atoms with Crippen LogP contribution in [0.2, 0.25) is 0 Å². The maximum absolute atomic E-state index is 12.3. The van der Waals surface area contributed by atoms with E-state index in [1.807, 2.05) is 36.4 Å². The number of carbonyl (C=O) groups excluding carboxylic acids is 2. The van der Waals surface area contributed by atoms with Crippen LogP contribution in [0.25, 0.3) is 6.08 Å². The third-order valence-corrected chi connectivity index (χ3v) is 4.31. The number of ether oxygens (including phenoxy) is 1. The van der Waals surface area contributed by atoms with E-state index in [0.717, 1.165) is 16.7 Å². The zero-order chi connectivity index (χ0) is 18.5. The van der Waals surface area contributed by atoms with Gasteiger partial charge in [0.25, 0.3) is 0 Å². The van der Waals surface area contributed by atoms with Gasteiger partial charge in [-0.15, -0.1) is 0 Å². The maximum atomic E-state index is 12.3. The summed E-state index contributed by atoms with van der Waals surface area (Å²) in [6.07, 6.45) is 3.66. The molecule has 130 valence electrons. The minimum Gasteiger partial charge on any atom is -0.461 e. The fraction of sp³-hybridized carbons (Fsp3) is 0.190. The van der Waals surface area contributed by atoms with Crippen LogP contribution in [0.4, 0.5) is 0 Å². The molecule has 0 spiro atoms. The number of carbonyl (C=O) groups is 2. The first-order chi connectivity index (χ1) is 12.6. The summed E-state index contributed by atoms with van der Waals surface area (Å²) >= 11 is 0. The Balaban J connectivity index is 1.69. The van der Waals surface area contributed by atoms with Crippen LogP contribution in [0.5, 0.6) is 0 Å². The van der Waals surface area contributed by atoms with E-state index in [1.54, 1.807) is 35.4 Å². The molecule has 0 radical (unpaired) electrons. The lowest BCUT2D eigenvalue weighted by Gasteiger charge is -2.32. The smallest absolute Gasteiger partial charge is 0.308 e. The van der Waals surface area contributed by atoms with Crippen molar-refractivity contribution in [1.82, 2.24) is 4.90 Å². The van der Waals surface area contributed by atoms with Gasteiger partial charge in [0.1, 0.15) is 6.61 Å². The van der Waals surface area contributed by atoms with Gasteiger partial charge in [-0.1, -0.05) is 36.4 Å². The Kier molecular flexibility index (Phi) is 5.14. The number of amides is 1. The molecule has 0 saturated carbocycles. The fourth-order valence-corrected chi connectivity index (χ4v) is 2.97. The molecule has 0 fully saturated rings. The average Bonchev–Trinajstić information content (AvgIpc) is 2.66. The van der Waals surface area contributed by atoms with Crippen LogP contribution in [0.3, 0.4) is 0 Å². The summed E-state index contributed by atoms with van der Waals surface area (Å²) in [5.74, 6) is -0.503. The van der Waals surface area contributed by atoms with Crippen molar-refractivity contribution < 1.29 is 14.3 Å². The Labute approximate surface area is 152 Å². The topological polar surface area (TPSA) is 70.4 Å². The number of rotatable bonds is 4. The van der Waals surface area contributed by atoms with Crippen LogP contribution in [0, 0.1) is 11.3 Å². The van der Waals surface area contributed by atoms with Crippen molar-refractivity contribution in [3.63, 3.8) is 0 Å². The first kappa shape index (κ1) is 17.4. The third kappa shape index (κ3) is 3.81. The van der Waals surface area contributed by atoms with Gasteiger partial charge in [0, 0.05) is 13.1 Å². The van der Waals surface area contributed by atoms with E-state index >= 15 is 0 Å². The highest BCUT2D eigenvalue weighted by molar-refractivity contribution is 5.80. The second kappa shape index (κ2) is 7.66.